The van der Waals surface area contributed by atoms with E-state index in [0.717, 1.165) is 28.9 Å². The second-order valence-corrected chi connectivity index (χ2v) is 6.99. The van der Waals surface area contributed by atoms with E-state index in [0.29, 0.717) is 16.9 Å². The molecule has 0 aliphatic carbocycles. The van der Waals surface area contributed by atoms with E-state index in [1.54, 1.807) is 4.57 Å². The predicted octanol–water partition coefficient (Wildman–Crippen LogP) is 5.31. The number of nitrogens with one attached hydrogen (secondary N) is 1. The van der Waals surface area contributed by atoms with Gasteiger partial charge >= 0.3 is 0 Å². The van der Waals surface area contributed by atoms with E-state index in [9.17, 15) is 4.79 Å². The first-order valence-corrected chi connectivity index (χ1v) is 9.53. The number of para-hydroxylation sites is 1. The number of aryl methyl sites for hydroxylation is 2. The van der Waals surface area contributed by atoms with E-state index < -0.39 is 0 Å². The molecule has 0 saturated carbocycles. The van der Waals surface area contributed by atoms with Gasteiger partial charge in [0.1, 0.15) is 0 Å². The minimum atomic E-state index is -0.0769. The summed E-state index contributed by atoms with van der Waals surface area (Å²) in [4.78, 5) is 18.2. The average molecular weight is 369 g/mol. The normalized spacial score (nSPS) is 11.0. The Morgan fingerprint density at radius 1 is 0.929 bits per heavy atom. The van der Waals surface area contributed by atoms with E-state index in [1.807, 2.05) is 55.5 Å². The van der Waals surface area contributed by atoms with Gasteiger partial charge in [-0.25, -0.2) is 9.55 Å². The third kappa shape index (κ3) is 3.18. The Morgan fingerprint density at radius 2 is 1.68 bits per heavy atom. The van der Waals surface area contributed by atoms with Crippen LogP contribution in [0.5, 0.6) is 0 Å². The molecule has 28 heavy (non-hydrogen) atoms. The number of aromatic nitrogens is 2. The van der Waals surface area contributed by atoms with E-state index >= 15 is 0 Å². The van der Waals surface area contributed by atoms with Gasteiger partial charge in [0.2, 0.25) is 5.95 Å². The third-order valence-corrected chi connectivity index (χ3v) is 5.21. The molecule has 0 aliphatic rings. The lowest BCUT2D eigenvalue weighted by atomic mass is 10.1. The van der Waals surface area contributed by atoms with Gasteiger partial charge in [0.25, 0.3) is 5.56 Å². The van der Waals surface area contributed by atoms with Crippen LogP contribution in [0.2, 0.25) is 0 Å². The largest absolute Gasteiger partial charge is 0.325 e. The first-order chi connectivity index (χ1) is 13.6. The molecule has 1 aromatic heterocycles. The Hall–Kier alpha value is -3.40. The Balaban J connectivity index is 1.95. The van der Waals surface area contributed by atoms with Crippen LogP contribution in [-0.2, 0) is 6.42 Å². The first-order valence-electron chi connectivity index (χ1n) is 9.53. The summed E-state index contributed by atoms with van der Waals surface area (Å²) in [5.41, 5.74) is 5.81. The van der Waals surface area contributed by atoms with E-state index in [4.69, 9.17) is 4.98 Å². The summed E-state index contributed by atoms with van der Waals surface area (Å²) in [6, 6.07) is 21.7. The number of hydrogen-bond donors (Lipinski definition) is 1. The number of anilines is 2. The van der Waals surface area contributed by atoms with Crippen LogP contribution in [0.15, 0.2) is 71.5 Å². The molecule has 0 spiro atoms. The molecule has 0 unspecified atom stereocenters. The highest BCUT2D eigenvalue weighted by Crippen LogP contribution is 2.23. The van der Waals surface area contributed by atoms with E-state index in [2.05, 4.69) is 37.4 Å². The van der Waals surface area contributed by atoms with Crippen LogP contribution in [0, 0.1) is 13.8 Å². The molecule has 4 nitrogen and oxygen atoms in total. The zero-order valence-electron chi connectivity index (χ0n) is 16.4. The summed E-state index contributed by atoms with van der Waals surface area (Å²) >= 11 is 0. The number of hydrogen-bond acceptors (Lipinski definition) is 3. The maximum atomic E-state index is 13.4. The lowest BCUT2D eigenvalue weighted by Crippen LogP contribution is -2.23. The van der Waals surface area contributed by atoms with Crippen LogP contribution >= 0.6 is 0 Å². The van der Waals surface area contributed by atoms with Crippen molar-refractivity contribution in [3.8, 4) is 5.69 Å². The third-order valence-electron chi connectivity index (χ3n) is 5.21. The van der Waals surface area contributed by atoms with Gasteiger partial charge in [-0.05, 0) is 67.3 Å². The molecular weight excluding hydrogens is 346 g/mol. The minimum absolute atomic E-state index is 0.0769. The SMILES string of the molecule is CCc1ccc(Nc2nc3ccccc3c(=O)n2-c2cccc(C)c2C)cc1. The van der Waals surface area contributed by atoms with Crippen molar-refractivity contribution in [1.82, 2.24) is 9.55 Å². The molecule has 4 heteroatoms. The Kier molecular flexibility index (Phi) is 4.70. The molecule has 1 heterocycles. The second-order valence-electron chi connectivity index (χ2n) is 6.99. The number of benzene rings is 3. The van der Waals surface area contributed by atoms with Gasteiger partial charge in [-0.1, -0.05) is 43.3 Å². The standard InChI is InChI=1S/C24H23N3O/c1-4-18-12-14-19(15-13-18)25-24-26-21-10-6-5-9-20(21)23(28)27(24)22-11-7-8-16(2)17(22)3/h5-15H,4H2,1-3H3,(H,25,26). The van der Waals surface area contributed by atoms with Gasteiger partial charge in [-0.2, -0.15) is 0 Å². The minimum Gasteiger partial charge on any atom is -0.325 e. The Labute approximate surface area is 164 Å². The van der Waals surface area contributed by atoms with Crippen molar-refractivity contribution in [2.45, 2.75) is 27.2 Å². The summed E-state index contributed by atoms with van der Waals surface area (Å²) < 4.78 is 1.68. The zero-order valence-corrected chi connectivity index (χ0v) is 16.4. The molecule has 1 N–H and O–H groups in total. The molecule has 0 fully saturated rings. The number of nitrogens with zero attached hydrogens (tertiary/aromatic N) is 2. The number of rotatable bonds is 4. The smallest absolute Gasteiger partial charge is 0.267 e. The summed E-state index contributed by atoms with van der Waals surface area (Å²) in [5, 5.41) is 3.96. The fraction of sp³-hybridized carbons (Fsp3) is 0.167. The molecule has 0 aliphatic heterocycles. The maximum Gasteiger partial charge on any atom is 0.267 e. The molecule has 3 aromatic carbocycles. The molecule has 0 radical (unpaired) electrons. The number of fused-ring (bicyclic) bond motifs is 1. The molecule has 0 atom stereocenters. The van der Waals surface area contributed by atoms with Crippen LogP contribution < -0.4 is 10.9 Å². The molecule has 0 saturated heterocycles. The second kappa shape index (κ2) is 7.31. The monoisotopic (exact) mass is 369 g/mol. The van der Waals surface area contributed by atoms with Crippen molar-refractivity contribution in [3.63, 3.8) is 0 Å². The van der Waals surface area contributed by atoms with Crippen LogP contribution in [0.1, 0.15) is 23.6 Å². The highest BCUT2D eigenvalue weighted by Gasteiger charge is 2.15. The van der Waals surface area contributed by atoms with Gasteiger partial charge < -0.3 is 5.32 Å². The van der Waals surface area contributed by atoms with Gasteiger partial charge in [0, 0.05) is 5.69 Å². The van der Waals surface area contributed by atoms with E-state index in [1.165, 1.54) is 5.56 Å². The van der Waals surface area contributed by atoms with Crippen LogP contribution in [-0.4, -0.2) is 9.55 Å². The molecule has 140 valence electrons. The predicted molar refractivity (Wildman–Crippen MR) is 116 cm³/mol. The van der Waals surface area contributed by atoms with E-state index in [-0.39, 0.29) is 5.56 Å². The van der Waals surface area contributed by atoms with Gasteiger partial charge in [-0.3, -0.25) is 4.79 Å². The molecular formula is C24H23N3O. The van der Waals surface area contributed by atoms with Crippen molar-refractivity contribution < 1.29 is 0 Å². The average Bonchev–Trinajstić information content (AvgIpc) is 2.71. The van der Waals surface area contributed by atoms with Gasteiger partial charge in [0.05, 0.1) is 16.6 Å². The summed E-state index contributed by atoms with van der Waals surface area (Å²) in [6.07, 6.45) is 0.988. The van der Waals surface area contributed by atoms with Crippen molar-refractivity contribution in [2.24, 2.45) is 0 Å². The lowest BCUT2D eigenvalue weighted by Gasteiger charge is -2.17. The lowest BCUT2D eigenvalue weighted by molar-refractivity contribution is 0.960. The Morgan fingerprint density at radius 3 is 2.43 bits per heavy atom. The fourth-order valence-electron chi connectivity index (χ4n) is 3.37. The van der Waals surface area contributed by atoms with Crippen LogP contribution in [0.3, 0.4) is 0 Å². The summed E-state index contributed by atoms with van der Waals surface area (Å²) in [5.74, 6) is 0.515. The van der Waals surface area contributed by atoms with Crippen LogP contribution in [0.25, 0.3) is 16.6 Å². The quantitative estimate of drug-likeness (QED) is 0.530. The summed E-state index contributed by atoms with van der Waals surface area (Å²) in [7, 11) is 0. The highest BCUT2D eigenvalue weighted by atomic mass is 16.1. The Bertz CT molecular complexity index is 1210. The zero-order chi connectivity index (χ0) is 19.7. The van der Waals surface area contributed by atoms with Crippen LogP contribution in [0.4, 0.5) is 11.6 Å². The van der Waals surface area contributed by atoms with Crippen molar-refractivity contribution in [2.75, 3.05) is 5.32 Å². The fourth-order valence-corrected chi connectivity index (χ4v) is 3.37. The molecule has 4 aromatic rings. The topological polar surface area (TPSA) is 46.9 Å². The molecule has 0 bridgehead atoms. The van der Waals surface area contributed by atoms with Gasteiger partial charge in [-0.15, -0.1) is 0 Å². The van der Waals surface area contributed by atoms with Crippen molar-refractivity contribution >= 4 is 22.5 Å². The highest BCUT2D eigenvalue weighted by molar-refractivity contribution is 5.80. The maximum absolute atomic E-state index is 13.4. The summed E-state index contributed by atoms with van der Waals surface area (Å²) in [6.45, 7) is 6.21. The van der Waals surface area contributed by atoms with Gasteiger partial charge in [0.15, 0.2) is 0 Å². The molecule has 4 rings (SSSR count). The van der Waals surface area contributed by atoms with Crippen molar-refractivity contribution in [3.05, 3.63) is 93.8 Å². The molecule has 0 amide bonds. The van der Waals surface area contributed by atoms with Crippen molar-refractivity contribution in [1.29, 1.82) is 0 Å². The first kappa shape index (κ1) is 18.0.